The van der Waals surface area contributed by atoms with E-state index in [1.807, 2.05) is 42.5 Å². The molecule has 8 nitrogen and oxygen atoms in total. The first-order valence-electron chi connectivity index (χ1n) is 10.1. The number of carbonyl (C=O) groups is 2. The molecular formula is C24H22N6O2. The maximum Gasteiger partial charge on any atom is 0.319 e. The van der Waals surface area contributed by atoms with Crippen LogP contribution in [-0.4, -0.2) is 27.1 Å². The average Bonchev–Trinajstić information content (AvgIpc) is 3.28. The summed E-state index contributed by atoms with van der Waals surface area (Å²) in [5.74, 6) is 0.314. The van der Waals surface area contributed by atoms with Crippen LogP contribution in [0.2, 0.25) is 0 Å². The van der Waals surface area contributed by atoms with Crippen molar-refractivity contribution in [3.63, 3.8) is 0 Å². The molecule has 2 aromatic heterocycles. The van der Waals surface area contributed by atoms with Crippen LogP contribution in [0, 0.1) is 0 Å². The van der Waals surface area contributed by atoms with Crippen LogP contribution >= 0.6 is 0 Å². The average molecular weight is 426 g/mol. The van der Waals surface area contributed by atoms with Crippen LogP contribution in [0.1, 0.15) is 11.1 Å². The predicted octanol–water partition coefficient (Wildman–Crippen LogP) is 3.97. The Hall–Kier alpha value is -4.46. The van der Waals surface area contributed by atoms with Gasteiger partial charge in [0.2, 0.25) is 5.91 Å². The van der Waals surface area contributed by atoms with Gasteiger partial charge in [-0.3, -0.25) is 14.9 Å². The normalized spacial score (nSPS) is 10.4. The van der Waals surface area contributed by atoms with Crippen molar-refractivity contribution in [2.45, 2.75) is 13.0 Å². The summed E-state index contributed by atoms with van der Waals surface area (Å²) in [6.45, 7) is 0.385. The van der Waals surface area contributed by atoms with E-state index in [0.29, 0.717) is 18.1 Å². The van der Waals surface area contributed by atoms with Crippen LogP contribution in [0.4, 0.5) is 16.3 Å². The topological polar surface area (TPSA) is 112 Å². The molecule has 0 radical (unpaired) electrons. The predicted molar refractivity (Wildman–Crippen MR) is 123 cm³/mol. The summed E-state index contributed by atoms with van der Waals surface area (Å²) in [7, 11) is 0. The second-order valence-electron chi connectivity index (χ2n) is 7.10. The van der Waals surface area contributed by atoms with Gasteiger partial charge in [-0.2, -0.15) is 5.10 Å². The van der Waals surface area contributed by atoms with E-state index in [4.69, 9.17) is 0 Å². The lowest BCUT2D eigenvalue weighted by atomic mass is 10.1. The molecule has 0 aliphatic rings. The Morgan fingerprint density at radius 2 is 1.69 bits per heavy atom. The van der Waals surface area contributed by atoms with E-state index in [0.717, 1.165) is 22.3 Å². The number of benzene rings is 2. The summed E-state index contributed by atoms with van der Waals surface area (Å²) in [5.41, 5.74) is 4.16. The Labute approximate surface area is 185 Å². The maximum absolute atomic E-state index is 12.5. The second-order valence-corrected chi connectivity index (χ2v) is 7.10. The first-order chi connectivity index (χ1) is 15.7. The Morgan fingerprint density at radius 1 is 0.875 bits per heavy atom. The molecule has 0 spiro atoms. The van der Waals surface area contributed by atoms with E-state index in [1.54, 1.807) is 42.9 Å². The van der Waals surface area contributed by atoms with Crippen LogP contribution < -0.4 is 16.0 Å². The summed E-state index contributed by atoms with van der Waals surface area (Å²) in [4.78, 5) is 28.6. The highest BCUT2D eigenvalue weighted by molar-refractivity contribution is 5.95. The molecule has 160 valence electrons. The molecule has 0 aliphatic heterocycles. The summed E-state index contributed by atoms with van der Waals surface area (Å²) < 4.78 is 0. The van der Waals surface area contributed by atoms with Gasteiger partial charge in [-0.25, -0.2) is 4.79 Å². The molecule has 2 heterocycles. The van der Waals surface area contributed by atoms with Crippen molar-refractivity contribution >= 4 is 23.4 Å². The van der Waals surface area contributed by atoms with Crippen LogP contribution in [0.15, 0.2) is 85.3 Å². The number of H-pyrrole nitrogens is 1. The first-order valence-corrected chi connectivity index (χ1v) is 10.1. The van der Waals surface area contributed by atoms with Crippen LogP contribution in [-0.2, 0) is 17.8 Å². The number of hydrogen-bond acceptors (Lipinski definition) is 4. The van der Waals surface area contributed by atoms with Gasteiger partial charge in [-0.05, 0) is 34.9 Å². The van der Waals surface area contributed by atoms with Crippen molar-refractivity contribution < 1.29 is 9.59 Å². The number of amides is 3. The highest BCUT2D eigenvalue weighted by Crippen LogP contribution is 2.25. The molecule has 4 N–H and O–H groups in total. The lowest BCUT2D eigenvalue weighted by molar-refractivity contribution is -0.115. The van der Waals surface area contributed by atoms with Gasteiger partial charge in [-0.15, -0.1) is 0 Å². The third-order valence-electron chi connectivity index (χ3n) is 4.74. The van der Waals surface area contributed by atoms with Gasteiger partial charge in [0.05, 0.1) is 6.42 Å². The van der Waals surface area contributed by atoms with Crippen molar-refractivity contribution in [2.24, 2.45) is 0 Å². The molecule has 0 atom stereocenters. The molecule has 32 heavy (non-hydrogen) atoms. The molecule has 3 amide bonds. The van der Waals surface area contributed by atoms with E-state index < -0.39 is 0 Å². The number of nitrogens with zero attached hydrogens (tertiary/aromatic N) is 2. The van der Waals surface area contributed by atoms with Gasteiger partial charge in [0.1, 0.15) is 0 Å². The number of pyridine rings is 1. The molecule has 0 aliphatic carbocycles. The third kappa shape index (κ3) is 5.57. The SMILES string of the molecule is O=C(Cc1ccc(NC(=O)NCc2cccnc2)cc1)Nc1n[nH]cc1-c1ccccc1. The second kappa shape index (κ2) is 10.0. The highest BCUT2D eigenvalue weighted by Gasteiger charge is 2.12. The van der Waals surface area contributed by atoms with Gasteiger partial charge in [0.15, 0.2) is 5.82 Å². The van der Waals surface area contributed by atoms with Crippen molar-refractivity contribution in [3.05, 3.63) is 96.4 Å². The van der Waals surface area contributed by atoms with Gasteiger partial charge in [0, 0.05) is 36.4 Å². The Kier molecular flexibility index (Phi) is 6.52. The summed E-state index contributed by atoms with van der Waals surface area (Å²) in [5, 5.41) is 15.3. The molecule has 4 aromatic rings. The summed E-state index contributed by atoms with van der Waals surface area (Å²) >= 11 is 0. The number of nitrogens with one attached hydrogen (secondary N) is 4. The maximum atomic E-state index is 12.5. The zero-order valence-corrected chi connectivity index (χ0v) is 17.2. The van der Waals surface area contributed by atoms with Crippen molar-refractivity contribution in [2.75, 3.05) is 10.6 Å². The fourth-order valence-electron chi connectivity index (χ4n) is 3.15. The van der Waals surface area contributed by atoms with Crippen molar-refractivity contribution in [3.8, 4) is 11.1 Å². The number of hydrogen-bond donors (Lipinski definition) is 4. The molecule has 0 unspecified atom stereocenters. The van der Waals surface area contributed by atoms with Crippen LogP contribution in [0.5, 0.6) is 0 Å². The number of aromatic nitrogens is 3. The Morgan fingerprint density at radius 3 is 2.44 bits per heavy atom. The molecule has 0 saturated heterocycles. The number of aromatic amines is 1. The fourth-order valence-corrected chi connectivity index (χ4v) is 3.15. The van der Waals surface area contributed by atoms with Gasteiger partial charge in [-0.1, -0.05) is 48.5 Å². The largest absolute Gasteiger partial charge is 0.334 e. The minimum absolute atomic E-state index is 0.177. The molecule has 0 saturated carbocycles. The first kappa shape index (κ1) is 20.8. The van der Waals surface area contributed by atoms with E-state index in [2.05, 4.69) is 31.1 Å². The smallest absolute Gasteiger partial charge is 0.319 e. The lowest BCUT2D eigenvalue weighted by Gasteiger charge is -2.09. The quantitative estimate of drug-likeness (QED) is 0.358. The molecule has 8 heteroatoms. The number of anilines is 2. The standard InChI is InChI=1S/C24H22N6O2/c31-22(29-23-21(16-27-30-23)19-6-2-1-3-7-19)13-17-8-10-20(11-9-17)28-24(32)26-15-18-5-4-12-25-14-18/h1-12,14,16H,13,15H2,(H2,26,28,32)(H2,27,29,30,31). The fraction of sp³-hybridized carbons (Fsp3) is 0.0833. The monoisotopic (exact) mass is 426 g/mol. The van der Waals surface area contributed by atoms with E-state index in [1.165, 1.54) is 0 Å². The lowest BCUT2D eigenvalue weighted by Crippen LogP contribution is -2.28. The Balaban J connectivity index is 1.29. The van der Waals surface area contributed by atoms with Gasteiger partial charge in [0.25, 0.3) is 0 Å². The van der Waals surface area contributed by atoms with E-state index in [9.17, 15) is 9.59 Å². The molecule has 0 bridgehead atoms. The number of rotatable bonds is 7. The molecule has 2 aromatic carbocycles. The summed E-state index contributed by atoms with van der Waals surface area (Å²) in [6, 6.07) is 20.2. The summed E-state index contributed by atoms with van der Waals surface area (Å²) in [6.07, 6.45) is 5.33. The zero-order valence-electron chi connectivity index (χ0n) is 17.2. The zero-order chi connectivity index (χ0) is 22.2. The van der Waals surface area contributed by atoms with Gasteiger partial charge < -0.3 is 16.0 Å². The third-order valence-corrected chi connectivity index (χ3v) is 4.74. The van der Waals surface area contributed by atoms with Crippen molar-refractivity contribution in [1.82, 2.24) is 20.5 Å². The van der Waals surface area contributed by atoms with E-state index >= 15 is 0 Å². The van der Waals surface area contributed by atoms with Crippen LogP contribution in [0.3, 0.4) is 0 Å². The molecular weight excluding hydrogens is 404 g/mol. The molecule has 0 fully saturated rings. The van der Waals surface area contributed by atoms with Gasteiger partial charge >= 0.3 is 6.03 Å². The molecule has 4 rings (SSSR count). The minimum Gasteiger partial charge on any atom is -0.334 e. The number of urea groups is 1. The van der Waals surface area contributed by atoms with E-state index in [-0.39, 0.29) is 18.4 Å². The highest BCUT2D eigenvalue weighted by atomic mass is 16.2. The Bertz CT molecular complexity index is 1170. The van der Waals surface area contributed by atoms with Crippen LogP contribution in [0.25, 0.3) is 11.1 Å². The number of carbonyl (C=O) groups excluding carboxylic acids is 2. The minimum atomic E-state index is -0.314. The van der Waals surface area contributed by atoms with Crippen molar-refractivity contribution in [1.29, 1.82) is 0 Å².